The van der Waals surface area contributed by atoms with Crippen molar-refractivity contribution in [1.82, 2.24) is 5.23 Å². The van der Waals surface area contributed by atoms with Crippen LogP contribution in [0.1, 0.15) is 30.9 Å². The topological polar surface area (TPSA) is 99.0 Å². The van der Waals surface area contributed by atoms with Crippen molar-refractivity contribution in [3.05, 3.63) is 29.8 Å². The summed E-state index contributed by atoms with van der Waals surface area (Å²) in [6.45, 7) is 2.45. The Hall–Kier alpha value is -1.57. The first-order valence-corrected chi connectivity index (χ1v) is 7.03. The number of hydrogen-bond donors (Lipinski definition) is 4. The molecule has 0 aromatic heterocycles. The zero-order valence-electron chi connectivity index (χ0n) is 12.2. The highest BCUT2D eigenvalue weighted by atomic mass is 16.5. The highest BCUT2D eigenvalue weighted by Crippen LogP contribution is 2.21. The van der Waals surface area contributed by atoms with Crippen LogP contribution in [-0.2, 0) is 4.79 Å². The van der Waals surface area contributed by atoms with Gasteiger partial charge >= 0.3 is 13.0 Å². The van der Waals surface area contributed by atoms with E-state index in [-0.39, 0.29) is 6.42 Å². The fourth-order valence-electron chi connectivity index (χ4n) is 1.82. The zero-order valence-corrected chi connectivity index (χ0v) is 12.2. The molecule has 0 spiro atoms. The first-order chi connectivity index (χ1) is 9.99. The molecule has 1 atom stereocenters. The predicted molar refractivity (Wildman–Crippen MR) is 80.2 cm³/mol. The third kappa shape index (κ3) is 7.70. The Morgan fingerprint density at radius 3 is 2.90 bits per heavy atom. The fourth-order valence-corrected chi connectivity index (χ4v) is 1.82. The van der Waals surface area contributed by atoms with Gasteiger partial charge in [-0.3, -0.25) is 4.79 Å². The Morgan fingerprint density at radius 1 is 1.48 bits per heavy atom. The van der Waals surface area contributed by atoms with Crippen molar-refractivity contribution in [2.75, 3.05) is 13.2 Å². The lowest BCUT2D eigenvalue weighted by Crippen LogP contribution is -2.31. The van der Waals surface area contributed by atoms with E-state index < -0.39 is 19.1 Å². The summed E-state index contributed by atoms with van der Waals surface area (Å²) in [5.41, 5.74) is 0.734. The van der Waals surface area contributed by atoms with Crippen LogP contribution in [0.15, 0.2) is 24.3 Å². The van der Waals surface area contributed by atoms with Gasteiger partial charge in [0.2, 0.25) is 0 Å². The standard InChI is InChI=1S/C14H22BNO5/c1-15(20)16-8-7-13(17)11-4-2-5-12(10-11)21-9-3-6-14(18)19/h2,4-5,10,13,16-17,20H,3,6-9H2,1H3,(H,18,19). The summed E-state index contributed by atoms with van der Waals surface area (Å²) in [4.78, 5) is 10.4. The molecule has 0 amide bonds. The minimum atomic E-state index is -0.839. The summed E-state index contributed by atoms with van der Waals surface area (Å²) < 4.78 is 5.46. The first-order valence-electron chi connectivity index (χ1n) is 7.03. The summed E-state index contributed by atoms with van der Waals surface area (Å²) in [6.07, 6.45) is 0.361. The molecule has 0 aliphatic heterocycles. The second-order valence-electron chi connectivity index (χ2n) is 4.85. The van der Waals surface area contributed by atoms with Crippen molar-refractivity contribution >= 4 is 13.0 Å². The molecule has 0 bridgehead atoms. The van der Waals surface area contributed by atoms with Gasteiger partial charge in [0.15, 0.2) is 0 Å². The van der Waals surface area contributed by atoms with Crippen molar-refractivity contribution < 1.29 is 24.8 Å². The number of aliphatic hydroxyl groups excluding tert-OH is 1. The normalized spacial score (nSPS) is 12.0. The number of carboxylic acids is 1. The average Bonchev–Trinajstić information content (AvgIpc) is 2.43. The summed E-state index contributed by atoms with van der Waals surface area (Å²) in [6, 6.07) is 7.10. The lowest BCUT2D eigenvalue weighted by Gasteiger charge is -2.13. The number of aliphatic carboxylic acids is 1. The third-order valence-electron chi connectivity index (χ3n) is 2.90. The molecule has 6 nitrogen and oxygen atoms in total. The van der Waals surface area contributed by atoms with Gasteiger partial charge < -0.3 is 25.2 Å². The van der Waals surface area contributed by atoms with Gasteiger partial charge in [0.25, 0.3) is 0 Å². The monoisotopic (exact) mass is 295 g/mol. The quantitative estimate of drug-likeness (QED) is 0.380. The van der Waals surface area contributed by atoms with E-state index in [4.69, 9.17) is 14.9 Å². The Labute approximate surface area is 124 Å². The van der Waals surface area contributed by atoms with Gasteiger partial charge in [-0.1, -0.05) is 12.1 Å². The number of benzene rings is 1. The molecule has 7 heteroatoms. The lowest BCUT2D eigenvalue weighted by molar-refractivity contribution is -0.137. The van der Waals surface area contributed by atoms with Crippen LogP contribution in [0.3, 0.4) is 0 Å². The molecule has 1 unspecified atom stereocenters. The molecular weight excluding hydrogens is 273 g/mol. The number of hydrogen-bond acceptors (Lipinski definition) is 5. The van der Waals surface area contributed by atoms with Crippen molar-refractivity contribution in [2.24, 2.45) is 0 Å². The largest absolute Gasteiger partial charge is 0.494 e. The molecule has 0 saturated heterocycles. The van der Waals surface area contributed by atoms with Crippen LogP contribution in [0.2, 0.25) is 6.82 Å². The average molecular weight is 295 g/mol. The molecule has 21 heavy (non-hydrogen) atoms. The van der Waals surface area contributed by atoms with Gasteiger partial charge in [-0.25, -0.2) is 0 Å². The summed E-state index contributed by atoms with van der Waals surface area (Å²) >= 11 is 0. The smallest absolute Gasteiger partial charge is 0.373 e. The van der Waals surface area contributed by atoms with Crippen LogP contribution in [0, 0.1) is 0 Å². The Bertz CT molecular complexity index is 441. The van der Waals surface area contributed by atoms with Gasteiger partial charge in [-0.2, -0.15) is 0 Å². The molecule has 0 radical (unpaired) electrons. The van der Waals surface area contributed by atoms with E-state index in [2.05, 4.69) is 5.23 Å². The Balaban J connectivity index is 2.41. The molecule has 4 N–H and O–H groups in total. The molecule has 1 rings (SSSR count). The number of nitrogens with one attached hydrogen (secondary N) is 1. The van der Waals surface area contributed by atoms with Crippen LogP contribution >= 0.6 is 0 Å². The molecule has 116 valence electrons. The maximum absolute atomic E-state index is 10.4. The summed E-state index contributed by atoms with van der Waals surface area (Å²) in [5.74, 6) is -0.228. The van der Waals surface area contributed by atoms with Crippen molar-refractivity contribution in [3.63, 3.8) is 0 Å². The minimum Gasteiger partial charge on any atom is -0.494 e. The summed E-state index contributed by atoms with van der Waals surface area (Å²) in [7, 11) is -0.596. The Morgan fingerprint density at radius 2 is 2.24 bits per heavy atom. The van der Waals surface area contributed by atoms with Crippen LogP contribution in [0.5, 0.6) is 5.75 Å². The number of aliphatic hydroxyl groups is 1. The number of rotatable bonds is 10. The van der Waals surface area contributed by atoms with Gasteiger partial charge in [0.05, 0.1) is 12.7 Å². The van der Waals surface area contributed by atoms with Crippen LogP contribution in [-0.4, -0.2) is 41.4 Å². The molecule has 0 fully saturated rings. The van der Waals surface area contributed by atoms with E-state index in [0.717, 1.165) is 5.56 Å². The number of ether oxygens (including phenoxy) is 1. The second kappa shape index (κ2) is 9.39. The highest BCUT2D eigenvalue weighted by Gasteiger charge is 2.10. The molecule has 0 aliphatic carbocycles. The van der Waals surface area contributed by atoms with E-state index in [1.807, 2.05) is 0 Å². The highest BCUT2D eigenvalue weighted by molar-refractivity contribution is 6.45. The number of carbonyl (C=O) groups is 1. The maximum atomic E-state index is 10.4. The van der Waals surface area contributed by atoms with Gasteiger partial charge in [0, 0.05) is 6.42 Å². The van der Waals surface area contributed by atoms with E-state index in [0.29, 0.717) is 31.7 Å². The Kier molecular flexibility index (Phi) is 7.82. The summed E-state index contributed by atoms with van der Waals surface area (Å²) in [5, 5.41) is 30.5. The first kappa shape index (κ1) is 17.5. The van der Waals surface area contributed by atoms with E-state index in [1.54, 1.807) is 31.1 Å². The predicted octanol–water partition coefficient (Wildman–Crippen LogP) is 1.05. The van der Waals surface area contributed by atoms with Crippen LogP contribution < -0.4 is 9.96 Å². The SMILES string of the molecule is CB(O)NCCC(O)c1cccc(OCCCC(=O)O)c1. The van der Waals surface area contributed by atoms with Crippen molar-refractivity contribution in [2.45, 2.75) is 32.2 Å². The van der Waals surface area contributed by atoms with Gasteiger partial charge in [-0.15, -0.1) is 0 Å². The lowest BCUT2D eigenvalue weighted by atomic mass is 9.88. The van der Waals surface area contributed by atoms with Crippen LogP contribution in [0.25, 0.3) is 0 Å². The van der Waals surface area contributed by atoms with E-state index >= 15 is 0 Å². The number of carboxylic acid groups (broad SMARTS) is 1. The van der Waals surface area contributed by atoms with Crippen LogP contribution in [0.4, 0.5) is 0 Å². The van der Waals surface area contributed by atoms with Gasteiger partial charge in [0.1, 0.15) is 5.75 Å². The van der Waals surface area contributed by atoms with Crippen molar-refractivity contribution in [3.8, 4) is 5.75 Å². The second-order valence-corrected chi connectivity index (χ2v) is 4.85. The molecule has 0 saturated carbocycles. The molecule has 0 aliphatic rings. The molecular formula is C14H22BNO5. The molecule has 1 aromatic rings. The van der Waals surface area contributed by atoms with Crippen molar-refractivity contribution in [1.29, 1.82) is 0 Å². The molecule has 0 heterocycles. The van der Waals surface area contributed by atoms with Gasteiger partial charge in [-0.05, 0) is 43.9 Å². The minimum absolute atomic E-state index is 0.0767. The fraction of sp³-hybridized carbons (Fsp3) is 0.500. The molecule has 1 aromatic carbocycles. The maximum Gasteiger partial charge on any atom is 0.373 e. The third-order valence-corrected chi connectivity index (χ3v) is 2.90. The van der Waals surface area contributed by atoms with E-state index in [9.17, 15) is 9.90 Å². The zero-order chi connectivity index (χ0) is 15.7. The van der Waals surface area contributed by atoms with E-state index in [1.165, 1.54) is 0 Å².